The number of hydrogen-bond donors (Lipinski definition) is 1. The first-order chi connectivity index (χ1) is 8.79. The fourth-order valence-corrected chi connectivity index (χ4v) is 2.66. The monoisotopic (exact) mass is 258 g/mol. The lowest BCUT2D eigenvalue weighted by molar-refractivity contribution is 0.204. The van der Waals surface area contributed by atoms with E-state index in [2.05, 4.69) is 31.2 Å². The normalized spacial score (nSPS) is 12.3. The first-order valence-corrected chi connectivity index (χ1v) is 7.23. The first-order valence-electron chi connectivity index (χ1n) is 6.24. The maximum absolute atomic E-state index is 10.1. The van der Waals surface area contributed by atoms with Gasteiger partial charge in [0.05, 0.1) is 6.10 Å². The van der Waals surface area contributed by atoms with E-state index in [0.717, 1.165) is 12.0 Å². The molecule has 2 heteroatoms. The van der Waals surface area contributed by atoms with E-state index < -0.39 is 6.10 Å². The number of benzene rings is 2. The van der Waals surface area contributed by atoms with Crippen molar-refractivity contribution in [1.29, 1.82) is 0 Å². The lowest BCUT2D eigenvalue weighted by atomic mass is 10.1. The average molecular weight is 258 g/mol. The molecule has 0 spiro atoms. The summed E-state index contributed by atoms with van der Waals surface area (Å²) in [4.78, 5) is 1.20. The highest BCUT2D eigenvalue weighted by molar-refractivity contribution is 7.99. The SMILES string of the molecule is CCc1ccc([C@@H](O)CSc2ccccc2)cc1. The van der Waals surface area contributed by atoms with Crippen molar-refractivity contribution in [2.45, 2.75) is 24.3 Å². The molecule has 0 fully saturated rings. The third-order valence-corrected chi connectivity index (χ3v) is 4.01. The first kappa shape index (κ1) is 13.2. The van der Waals surface area contributed by atoms with Crippen molar-refractivity contribution in [3.8, 4) is 0 Å². The van der Waals surface area contributed by atoms with Crippen LogP contribution in [0.2, 0.25) is 0 Å². The Kier molecular flexibility index (Phi) is 4.85. The van der Waals surface area contributed by atoms with Gasteiger partial charge in [-0.25, -0.2) is 0 Å². The zero-order chi connectivity index (χ0) is 12.8. The van der Waals surface area contributed by atoms with Crippen LogP contribution < -0.4 is 0 Å². The molecule has 0 aliphatic heterocycles. The van der Waals surface area contributed by atoms with Crippen LogP contribution in [0.25, 0.3) is 0 Å². The zero-order valence-corrected chi connectivity index (χ0v) is 11.4. The van der Waals surface area contributed by atoms with Gasteiger partial charge >= 0.3 is 0 Å². The van der Waals surface area contributed by atoms with Crippen molar-refractivity contribution < 1.29 is 5.11 Å². The lowest BCUT2D eigenvalue weighted by Gasteiger charge is -2.11. The van der Waals surface area contributed by atoms with E-state index in [4.69, 9.17) is 0 Å². The summed E-state index contributed by atoms with van der Waals surface area (Å²) in [5.74, 6) is 0.690. The van der Waals surface area contributed by atoms with E-state index in [-0.39, 0.29) is 0 Å². The van der Waals surface area contributed by atoms with Crippen molar-refractivity contribution in [3.05, 3.63) is 65.7 Å². The Hall–Kier alpha value is -1.25. The predicted molar refractivity (Wildman–Crippen MR) is 77.9 cm³/mol. The summed E-state index contributed by atoms with van der Waals surface area (Å²) in [6, 6.07) is 18.4. The molecule has 0 saturated heterocycles. The van der Waals surface area contributed by atoms with Crippen molar-refractivity contribution >= 4 is 11.8 Å². The summed E-state index contributed by atoms with van der Waals surface area (Å²) in [5, 5.41) is 10.1. The predicted octanol–water partition coefficient (Wildman–Crippen LogP) is 4.07. The molecule has 1 nitrogen and oxygen atoms in total. The number of aliphatic hydroxyl groups is 1. The standard InChI is InChI=1S/C16H18OS/c1-2-13-8-10-14(11-9-13)16(17)12-18-15-6-4-3-5-7-15/h3-11,16-17H,2,12H2,1H3/t16-/m0/s1. The van der Waals surface area contributed by atoms with Crippen molar-refractivity contribution in [2.75, 3.05) is 5.75 Å². The molecular weight excluding hydrogens is 240 g/mol. The van der Waals surface area contributed by atoms with Gasteiger partial charge in [-0.3, -0.25) is 0 Å². The minimum absolute atomic E-state index is 0.402. The molecule has 18 heavy (non-hydrogen) atoms. The third kappa shape index (κ3) is 3.62. The minimum atomic E-state index is -0.402. The molecule has 0 aliphatic rings. The fraction of sp³-hybridized carbons (Fsp3) is 0.250. The minimum Gasteiger partial charge on any atom is -0.388 e. The molecule has 94 valence electrons. The summed E-state index contributed by atoms with van der Waals surface area (Å²) in [5.41, 5.74) is 2.30. The Bertz CT molecular complexity index is 464. The molecule has 2 aromatic rings. The van der Waals surface area contributed by atoms with Crippen LogP contribution in [-0.2, 0) is 6.42 Å². The van der Waals surface area contributed by atoms with Gasteiger partial charge in [0, 0.05) is 10.6 Å². The molecular formula is C16H18OS. The van der Waals surface area contributed by atoms with Gasteiger partial charge in [0.2, 0.25) is 0 Å². The van der Waals surface area contributed by atoms with Gasteiger partial charge in [-0.15, -0.1) is 11.8 Å². The molecule has 1 atom stereocenters. The van der Waals surface area contributed by atoms with Gasteiger partial charge in [-0.05, 0) is 29.7 Å². The van der Waals surface area contributed by atoms with Gasteiger partial charge in [-0.2, -0.15) is 0 Å². The quantitative estimate of drug-likeness (QED) is 0.816. The van der Waals surface area contributed by atoms with Crippen LogP contribution in [-0.4, -0.2) is 10.9 Å². The number of hydrogen-bond acceptors (Lipinski definition) is 2. The molecule has 1 N–H and O–H groups in total. The van der Waals surface area contributed by atoms with Crippen LogP contribution in [0.5, 0.6) is 0 Å². The highest BCUT2D eigenvalue weighted by Gasteiger charge is 2.07. The Balaban J connectivity index is 1.93. The van der Waals surface area contributed by atoms with Gasteiger partial charge in [0.15, 0.2) is 0 Å². The molecule has 0 radical (unpaired) electrons. The highest BCUT2D eigenvalue weighted by Crippen LogP contribution is 2.24. The van der Waals surface area contributed by atoms with Gasteiger partial charge < -0.3 is 5.11 Å². The molecule has 0 amide bonds. The van der Waals surface area contributed by atoms with Gasteiger partial charge in [0.1, 0.15) is 0 Å². The third-order valence-electron chi connectivity index (χ3n) is 2.92. The molecule has 0 aromatic heterocycles. The van der Waals surface area contributed by atoms with Crippen LogP contribution in [0.4, 0.5) is 0 Å². The molecule has 2 aromatic carbocycles. The van der Waals surface area contributed by atoms with E-state index >= 15 is 0 Å². The molecule has 2 rings (SSSR count). The Morgan fingerprint density at radius 3 is 2.28 bits per heavy atom. The maximum atomic E-state index is 10.1. The maximum Gasteiger partial charge on any atom is 0.0883 e. The van der Waals surface area contributed by atoms with Crippen LogP contribution in [0.3, 0.4) is 0 Å². The molecule has 0 heterocycles. The number of aryl methyl sites for hydroxylation is 1. The van der Waals surface area contributed by atoms with Crippen molar-refractivity contribution in [1.82, 2.24) is 0 Å². The Labute approximate surface area is 113 Å². The summed E-state index contributed by atoms with van der Waals surface area (Å²) in [6.07, 6.45) is 0.635. The average Bonchev–Trinajstić information content (AvgIpc) is 2.46. The summed E-state index contributed by atoms with van der Waals surface area (Å²) in [7, 11) is 0. The number of rotatable bonds is 5. The fourth-order valence-electron chi connectivity index (χ4n) is 1.76. The molecule has 0 saturated carbocycles. The number of thioether (sulfide) groups is 1. The van der Waals surface area contributed by atoms with Crippen LogP contribution >= 0.6 is 11.8 Å². The molecule has 0 aliphatic carbocycles. The summed E-state index contributed by atoms with van der Waals surface area (Å²) in [6.45, 7) is 2.14. The number of aliphatic hydroxyl groups excluding tert-OH is 1. The lowest BCUT2D eigenvalue weighted by Crippen LogP contribution is -2.00. The van der Waals surface area contributed by atoms with Crippen LogP contribution in [0.1, 0.15) is 24.2 Å². The Morgan fingerprint density at radius 2 is 1.67 bits per heavy atom. The highest BCUT2D eigenvalue weighted by atomic mass is 32.2. The smallest absolute Gasteiger partial charge is 0.0883 e. The van der Waals surface area contributed by atoms with E-state index in [1.54, 1.807) is 11.8 Å². The zero-order valence-electron chi connectivity index (χ0n) is 10.5. The van der Waals surface area contributed by atoms with E-state index in [9.17, 15) is 5.11 Å². The van der Waals surface area contributed by atoms with Crippen molar-refractivity contribution in [3.63, 3.8) is 0 Å². The van der Waals surface area contributed by atoms with Gasteiger partial charge in [0.25, 0.3) is 0 Å². The second-order valence-electron chi connectivity index (χ2n) is 4.23. The summed E-state index contributed by atoms with van der Waals surface area (Å²) >= 11 is 1.68. The topological polar surface area (TPSA) is 20.2 Å². The summed E-state index contributed by atoms with van der Waals surface area (Å²) < 4.78 is 0. The van der Waals surface area contributed by atoms with Crippen LogP contribution in [0, 0.1) is 0 Å². The molecule has 0 bridgehead atoms. The Morgan fingerprint density at radius 1 is 1.00 bits per heavy atom. The van der Waals surface area contributed by atoms with Crippen LogP contribution in [0.15, 0.2) is 59.5 Å². The van der Waals surface area contributed by atoms with E-state index in [1.807, 2.05) is 30.3 Å². The second-order valence-corrected chi connectivity index (χ2v) is 5.33. The van der Waals surface area contributed by atoms with Gasteiger partial charge in [-0.1, -0.05) is 49.4 Å². The van der Waals surface area contributed by atoms with E-state index in [0.29, 0.717) is 5.75 Å². The van der Waals surface area contributed by atoms with Crippen molar-refractivity contribution in [2.24, 2.45) is 0 Å². The largest absolute Gasteiger partial charge is 0.388 e. The second kappa shape index (κ2) is 6.62. The molecule has 0 unspecified atom stereocenters. The van der Waals surface area contributed by atoms with E-state index in [1.165, 1.54) is 10.5 Å².